The van der Waals surface area contributed by atoms with Gasteiger partial charge in [-0.2, -0.15) is 0 Å². The Morgan fingerprint density at radius 2 is 1.43 bits per heavy atom. The number of hydrogen-bond donors (Lipinski definition) is 2. The highest BCUT2D eigenvalue weighted by Gasteiger charge is 2.12. The average molecular weight is 507 g/mol. The number of amides is 2. The van der Waals surface area contributed by atoms with Crippen LogP contribution in [0.25, 0.3) is 0 Å². The second-order valence-corrected chi connectivity index (χ2v) is 10.6. The summed E-state index contributed by atoms with van der Waals surface area (Å²) in [4.78, 5) is 26.0. The number of thioether (sulfide) groups is 1. The van der Waals surface area contributed by atoms with E-state index in [0.717, 1.165) is 35.6 Å². The second kappa shape index (κ2) is 21.7. The van der Waals surface area contributed by atoms with Gasteiger partial charge in [-0.05, 0) is 36.8 Å². The lowest BCUT2D eigenvalue weighted by molar-refractivity contribution is -0.116. The van der Waals surface area contributed by atoms with Crippen LogP contribution in [0.15, 0.2) is 23.1 Å². The Morgan fingerprint density at radius 1 is 0.829 bits per heavy atom. The van der Waals surface area contributed by atoms with Crippen molar-refractivity contribution in [2.45, 2.75) is 115 Å². The van der Waals surface area contributed by atoms with Crippen LogP contribution in [0.4, 0.5) is 5.69 Å². The van der Waals surface area contributed by atoms with Crippen molar-refractivity contribution in [1.29, 1.82) is 0 Å². The van der Waals surface area contributed by atoms with Gasteiger partial charge in [-0.25, -0.2) is 0 Å². The third kappa shape index (κ3) is 16.0. The standard InChI is InChI=1S/C29H50N2O3S/c1-4-6-7-8-9-10-11-12-13-14-15-16-17-19-28(32)31-26-24-25(20-21-27(26)35-5-2)29(33)30-22-18-23-34-3/h20-21,24H,4-19,22-23H2,1-3H3,(H,30,33)(H,31,32). The third-order valence-corrected chi connectivity index (χ3v) is 7.09. The molecule has 0 saturated carbocycles. The summed E-state index contributed by atoms with van der Waals surface area (Å²) >= 11 is 1.67. The smallest absolute Gasteiger partial charge is 0.251 e. The summed E-state index contributed by atoms with van der Waals surface area (Å²) < 4.78 is 5.02. The van der Waals surface area contributed by atoms with Gasteiger partial charge in [-0.3, -0.25) is 9.59 Å². The van der Waals surface area contributed by atoms with Gasteiger partial charge < -0.3 is 15.4 Å². The molecule has 0 radical (unpaired) electrons. The first kappa shape index (κ1) is 31.5. The fourth-order valence-electron chi connectivity index (χ4n) is 4.09. The molecule has 1 aromatic carbocycles. The number of nitrogens with one attached hydrogen (secondary N) is 2. The molecule has 0 saturated heterocycles. The van der Waals surface area contributed by atoms with Crippen LogP contribution in [0.2, 0.25) is 0 Å². The van der Waals surface area contributed by atoms with Crippen LogP contribution in [0, 0.1) is 0 Å². The molecule has 0 spiro atoms. The Hall–Kier alpha value is -1.53. The van der Waals surface area contributed by atoms with E-state index in [1.54, 1.807) is 24.9 Å². The predicted molar refractivity (Wildman–Crippen MR) is 151 cm³/mol. The molecule has 0 fully saturated rings. The summed E-state index contributed by atoms with van der Waals surface area (Å²) in [7, 11) is 1.65. The largest absolute Gasteiger partial charge is 0.385 e. The summed E-state index contributed by atoms with van der Waals surface area (Å²) in [5.41, 5.74) is 1.31. The molecule has 35 heavy (non-hydrogen) atoms. The molecule has 1 rings (SSSR count). The Balaban J connectivity index is 2.28. The fourth-order valence-corrected chi connectivity index (χ4v) is 4.83. The summed E-state index contributed by atoms with van der Waals surface area (Å²) in [6, 6.07) is 5.55. The van der Waals surface area contributed by atoms with E-state index < -0.39 is 0 Å². The molecule has 0 heterocycles. The predicted octanol–water partition coefficient (Wildman–Crippen LogP) is 7.98. The molecule has 6 heteroatoms. The van der Waals surface area contributed by atoms with E-state index in [1.165, 1.54) is 70.6 Å². The van der Waals surface area contributed by atoms with Gasteiger partial charge in [0, 0.05) is 37.1 Å². The molecule has 0 bridgehead atoms. The number of benzene rings is 1. The quantitative estimate of drug-likeness (QED) is 0.124. The molecule has 200 valence electrons. The average Bonchev–Trinajstić information content (AvgIpc) is 2.85. The number of hydrogen-bond acceptors (Lipinski definition) is 4. The Bertz CT molecular complexity index is 697. The lowest BCUT2D eigenvalue weighted by Crippen LogP contribution is -2.25. The van der Waals surface area contributed by atoms with Crippen LogP contribution in [0.3, 0.4) is 0 Å². The van der Waals surface area contributed by atoms with E-state index >= 15 is 0 Å². The molecule has 5 nitrogen and oxygen atoms in total. The van der Waals surface area contributed by atoms with Crippen LogP contribution in [0.1, 0.15) is 121 Å². The van der Waals surface area contributed by atoms with Crippen molar-refractivity contribution in [3.63, 3.8) is 0 Å². The molecule has 1 aromatic rings. The van der Waals surface area contributed by atoms with Crippen LogP contribution in [-0.4, -0.2) is 37.8 Å². The maximum atomic E-state index is 12.6. The molecular weight excluding hydrogens is 456 g/mol. The van der Waals surface area contributed by atoms with Gasteiger partial charge in [0.25, 0.3) is 5.91 Å². The van der Waals surface area contributed by atoms with Crippen LogP contribution >= 0.6 is 11.8 Å². The topological polar surface area (TPSA) is 67.4 Å². The van der Waals surface area contributed by atoms with Crippen LogP contribution in [0.5, 0.6) is 0 Å². The number of ether oxygens (including phenoxy) is 1. The minimum atomic E-state index is -0.124. The Kier molecular flexibility index (Phi) is 19.6. The van der Waals surface area contributed by atoms with Gasteiger partial charge >= 0.3 is 0 Å². The van der Waals surface area contributed by atoms with E-state index in [-0.39, 0.29) is 11.8 Å². The zero-order chi connectivity index (χ0) is 25.6. The molecule has 2 amide bonds. The number of methoxy groups -OCH3 is 1. The van der Waals surface area contributed by atoms with Gasteiger partial charge in [-0.1, -0.05) is 90.9 Å². The third-order valence-electron chi connectivity index (χ3n) is 6.13. The molecule has 0 aliphatic carbocycles. The van der Waals surface area contributed by atoms with Crippen LogP contribution < -0.4 is 10.6 Å². The van der Waals surface area contributed by atoms with Gasteiger partial charge in [0.15, 0.2) is 0 Å². The lowest BCUT2D eigenvalue weighted by Gasteiger charge is -2.13. The fraction of sp³-hybridized carbons (Fsp3) is 0.724. The second-order valence-electron chi connectivity index (χ2n) is 9.29. The molecular formula is C29H50N2O3S. The minimum Gasteiger partial charge on any atom is -0.385 e. The lowest BCUT2D eigenvalue weighted by atomic mass is 10.0. The minimum absolute atomic E-state index is 0.0312. The van der Waals surface area contributed by atoms with Crippen molar-refractivity contribution in [3.8, 4) is 0 Å². The highest BCUT2D eigenvalue weighted by molar-refractivity contribution is 7.99. The summed E-state index contributed by atoms with van der Waals surface area (Å²) in [6.07, 6.45) is 18.1. The summed E-state index contributed by atoms with van der Waals surface area (Å²) in [6.45, 7) is 5.54. The Morgan fingerprint density at radius 3 is 2.00 bits per heavy atom. The monoisotopic (exact) mass is 506 g/mol. The Labute approximate surface area is 218 Å². The maximum Gasteiger partial charge on any atom is 0.251 e. The van der Waals surface area contributed by atoms with E-state index in [1.807, 2.05) is 12.1 Å². The van der Waals surface area contributed by atoms with Crippen molar-refractivity contribution < 1.29 is 14.3 Å². The zero-order valence-corrected chi connectivity index (χ0v) is 23.4. The first-order chi connectivity index (χ1) is 17.1. The highest BCUT2D eigenvalue weighted by atomic mass is 32.2. The van der Waals surface area contributed by atoms with Crippen LogP contribution in [-0.2, 0) is 9.53 Å². The molecule has 0 aromatic heterocycles. The van der Waals surface area contributed by atoms with Gasteiger partial charge in [0.1, 0.15) is 0 Å². The zero-order valence-electron chi connectivity index (χ0n) is 22.6. The van der Waals surface area contributed by atoms with E-state index in [4.69, 9.17) is 4.74 Å². The first-order valence-electron chi connectivity index (χ1n) is 14.0. The van der Waals surface area contributed by atoms with Crippen molar-refractivity contribution in [1.82, 2.24) is 5.32 Å². The van der Waals surface area contributed by atoms with Crippen molar-refractivity contribution in [2.75, 3.05) is 31.3 Å². The number of anilines is 1. The molecule has 2 N–H and O–H groups in total. The number of carbonyl (C=O) groups excluding carboxylic acids is 2. The maximum absolute atomic E-state index is 12.6. The van der Waals surface area contributed by atoms with Gasteiger partial charge in [0.2, 0.25) is 5.91 Å². The van der Waals surface area contributed by atoms with E-state index in [9.17, 15) is 9.59 Å². The number of unbranched alkanes of at least 4 members (excludes halogenated alkanes) is 12. The number of carbonyl (C=O) groups is 2. The highest BCUT2D eigenvalue weighted by Crippen LogP contribution is 2.28. The summed E-state index contributed by atoms with van der Waals surface area (Å²) in [5.74, 6) is 0.814. The van der Waals surface area contributed by atoms with E-state index in [2.05, 4.69) is 24.5 Å². The SMILES string of the molecule is CCCCCCCCCCCCCCCC(=O)Nc1cc(C(=O)NCCCOC)ccc1SCC. The molecule has 0 unspecified atom stereocenters. The van der Waals surface area contributed by atoms with Crippen molar-refractivity contribution >= 4 is 29.3 Å². The summed E-state index contributed by atoms with van der Waals surface area (Å²) in [5, 5.41) is 5.96. The molecule has 0 aliphatic heterocycles. The number of rotatable bonds is 22. The normalized spacial score (nSPS) is 10.9. The first-order valence-corrected chi connectivity index (χ1v) is 14.9. The van der Waals surface area contributed by atoms with E-state index in [0.29, 0.717) is 25.1 Å². The van der Waals surface area contributed by atoms with Gasteiger partial charge in [0.05, 0.1) is 5.69 Å². The molecule has 0 atom stereocenters. The van der Waals surface area contributed by atoms with Crippen molar-refractivity contribution in [2.24, 2.45) is 0 Å². The van der Waals surface area contributed by atoms with Gasteiger partial charge in [-0.15, -0.1) is 11.8 Å². The molecule has 0 aliphatic rings. The van der Waals surface area contributed by atoms with Crippen molar-refractivity contribution in [3.05, 3.63) is 23.8 Å².